The molecule has 0 aromatic carbocycles. The Morgan fingerprint density at radius 1 is 0.674 bits per heavy atom. The van der Waals surface area contributed by atoms with E-state index in [4.69, 9.17) is 24.7 Å². The van der Waals surface area contributed by atoms with Crippen LogP contribution in [0.3, 0.4) is 0 Å². The number of hydrogen-bond donors (Lipinski definition) is 2. The summed E-state index contributed by atoms with van der Waals surface area (Å²) in [7, 11) is 0. The second-order valence-corrected chi connectivity index (χ2v) is 17.4. The van der Waals surface area contributed by atoms with Gasteiger partial charge in [-0.2, -0.15) is 0 Å². The Morgan fingerprint density at radius 2 is 1.00 bits per heavy atom. The molecule has 46 heavy (non-hydrogen) atoms. The molecule has 0 saturated heterocycles. The second kappa shape index (κ2) is 12.0. The maximum atomic E-state index is 12.7. The fourth-order valence-corrected chi connectivity index (χ4v) is 10.3. The van der Waals surface area contributed by atoms with E-state index >= 15 is 0 Å². The molecule has 10 nitrogen and oxygen atoms in total. The van der Waals surface area contributed by atoms with E-state index in [0.717, 1.165) is 77.0 Å². The van der Waals surface area contributed by atoms with Crippen molar-refractivity contribution in [3.8, 4) is 0 Å². The highest BCUT2D eigenvalue weighted by atomic mass is 16.6. The van der Waals surface area contributed by atoms with Crippen LogP contribution in [0.4, 0.5) is 4.79 Å². The third-order valence-electron chi connectivity index (χ3n) is 12.5. The predicted molar refractivity (Wildman–Crippen MR) is 169 cm³/mol. The van der Waals surface area contributed by atoms with Gasteiger partial charge in [0.1, 0.15) is 16.8 Å². The molecule has 5 unspecified atom stereocenters. The highest BCUT2D eigenvalue weighted by Gasteiger charge is 2.63. The zero-order chi connectivity index (χ0) is 33.9. The first-order valence-corrected chi connectivity index (χ1v) is 17.6. The van der Waals surface area contributed by atoms with E-state index < -0.39 is 51.4 Å². The summed E-state index contributed by atoms with van der Waals surface area (Å²) in [5, 5.41) is 9.22. The van der Waals surface area contributed by atoms with Gasteiger partial charge in [0.2, 0.25) is 0 Å². The second-order valence-electron chi connectivity index (χ2n) is 17.4. The normalized spacial score (nSPS) is 39.2. The Kier molecular flexibility index (Phi) is 9.09. The predicted octanol–water partition coefficient (Wildman–Crippen LogP) is 6.70. The summed E-state index contributed by atoms with van der Waals surface area (Å²) < 4.78 is 23.7. The number of rotatable bonds is 10. The van der Waals surface area contributed by atoms with Crippen LogP contribution in [0.1, 0.15) is 138 Å². The zero-order valence-corrected chi connectivity index (χ0v) is 29.1. The number of carbonyl (C=O) groups excluding carboxylic acids is 3. The third kappa shape index (κ3) is 6.93. The van der Waals surface area contributed by atoms with Gasteiger partial charge in [-0.25, -0.2) is 9.59 Å². The Labute approximate surface area is 274 Å². The fraction of sp³-hybridized carbons (Fsp3) is 0.889. The first-order chi connectivity index (χ1) is 21.3. The molecule has 10 heteroatoms. The van der Waals surface area contributed by atoms with Crippen molar-refractivity contribution in [2.24, 2.45) is 40.2 Å². The monoisotopic (exact) mass is 647 g/mol. The lowest BCUT2D eigenvalue weighted by atomic mass is 9.52. The van der Waals surface area contributed by atoms with Crippen molar-refractivity contribution in [1.29, 1.82) is 0 Å². The number of carbonyl (C=O) groups is 4. The van der Waals surface area contributed by atoms with E-state index in [1.165, 1.54) is 0 Å². The van der Waals surface area contributed by atoms with E-state index in [2.05, 4.69) is 0 Å². The molecule has 0 spiro atoms. The first kappa shape index (κ1) is 35.0. The number of amides is 1. The number of carboxylic acid groups (broad SMARTS) is 1. The summed E-state index contributed by atoms with van der Waals surface area (Å²) in [5.74, 6) is 0.703. The lowest BCUT2D eigenvalue weighted by molar-refractivity contribution is -0.248. The van der Waals surface area contributed by atoms with Crippen LogP contribution in [0.25, 0.3) is 0 Å². The van der Waals surface area contributed by atoms with Gasteiger partial charge in [-0.1, -0.05) is 13.8 Å². The van der Waals surface area contributed by atoms with Gasteiger partial charge in [0.15, 0.2) is 6.10 Å². The minimum absolute atomic E-state index is 0.131. The van der Waals surface area contributed by atoms with Crippen LogP contribution in [0.5, 0.6) is 0 Å². The highest BCUT2D eigenvalue weighted by molar-refractivity contribution is 5.77. The summed E-state index contributed by atoms with van der Waals surface area (Å²) in [5.41, 5.74) is 2.48. The van der Waals surface area contributed by atoms with Gasteiger partial charge in [0, 0.05) is 12.8 Å². The first-order valence-electron chi connectivity index (χ1n) is 17.6. The number of primary amides is 1. The van der Waals surface area contributed by atoms with Crippen molar-refractivity contribution >= 4 is 24.0 Å². The molecule has 0 radical (unpaired) electrons. The molecule has 0 aromatic rings. The lowest BCUT2D eigenvalue weighted by Crippen LogP contribution is -2.62. The van der Waals surface area contributed by atoms with E-state index in [1.807, 2.05) is 41.5 Å². The fourth-order valence-electron chi connectivity index (χ4n) is 10.3. The van der Waals surface area contributed by atoms with Crippen LogP contribution in [0, 0.1) is 34.5 Å². The van der Waals surface area contributed by atoms with Gasteiger partial charge in [-0.05, 0) is 135 Å². The third-order valence-corrected chi connectivity index (χ3v) is 12.5. The van der Waals surface area contributed by atoms with Gasteiger partial charge in [0.25, 0.3) is 0 Å². The van der Waals surface area contributed by atoms with Crippen LogP contribution in [-0.4, -0.2) is 57.6 Å². The smallest absolute Gasteiger partial charge is 0.405 e. The van der Waals surface area contributed by atoms with E-state index in [9.17, 15) is 24.3 Å². The van der Waals surface area contributed by atoms with Gasteiger partial charge in [-0.3, -0.25) is 9.59 Å². The van der Waals surface area contributed by atoms with Crippen molar-refractivity contribution < 1.29 is 43.2 Å². The van der Waals surface area contributed by atoms with Crippen LogP contribution >= 0.6 is 0 Å². The number of nitrogens with two attached hydrogens (primary N) is 1. The lowest BCUT2D eigenvalue weighted by Gasteiger charge is -2.61. The molecule has 0 aromatic heterocycles. The topological polar surface area (TPSA) is 151 Å². The molecule has 8 aliphatic carbocycles. The quantitative estimate of drug-likeness (QED) is 0.195. The maximum absolute atomic E-state index is 12.7. The average molecular weight is 648 g/mol. The van der Waals surface area contributed by atoms with Gasteiger partial charge in [0.05, 0.1) is 16.4 Å². The molecular formula is C36H57NO9. The SMILES string of the molecule is CCC(C)(C)C(=O)OC12CC3CC(C1)CC(OC(C)C(=O)O)(C3)C2.CCC(C)(C)C(=O)OC12CC3CC(CC(OC(N)=O)(C3)C1)C2. The summed E-state index contributed by atoms with van der Waals surface area (Å²) in [6, 6.07) is 0. The summed E-state index contributed by atoms with van der Waals surface area (Å²) >= 11 is 0. The van der Waals surface area contributed by atoms with Crippen LogP contribution in [0.15, 0.2) is 0 Å². The van der Waals surface area contributed by atoms with Crippen molar-refractivity contribution in [3.05, 3.63) is 0 Å². The Bertz CT molecular complexity index is 1200. The van der Waals surface area contributed by atoms with E-state index in [-0.39, 0.29) is 11.9 Å². The van der Waals surface area contributed by atoms with Crippen LogP contribution in [0.2, 0.25) is 0 Å². The molecule has 8 bridgehead atoms. The number of hydrogen-bond acceptors (Lipinski definition) is 8. The minimum Gasteiger partial charge on any atom is -0.479 e. The van der Waals surface area contributed by atoms with Crippen molar-refractivity contribution in [1.82, 2.24) is 0 Å². The average Bonchev–Trinajstić information content (AvgIpc) is 2.90. The summed E-state index contributed by atoms with van der Waals surface area (Å²) in [6.07, 6.45) is 10.7. The summed E-state index contributed by atoms with van der Waals surface area (Å²) in [6.45, 7) is 13.3. The maximum Gasteiger partial charge on any atom is 0.405 e. The van der Waals surface area contributed by atoms with E-state index in [1.54, 1.807) is 6.92 Å². The molecule has 260 valence electrons. The van der Waals surface area contributed by atoms with Crippen LogP contribution in [-0.2, 0) is 33.3 Å². The Hall–Kier alpha value is -2.36. The van der Waals surface area contributed by atoms with Gasteiger partial charge >= 0.3 is 24.0 Å². The number of esters is 2. The largest absolute Gasteiger partial charge is 0.479 e. The van der Waals surface area contributed by atoms with Crippen molar-refractivity contribution in [2.75, 3.05) is 0 Å². The van der Waals surface area contributed by atoms with Gasteiger partial charge < -0.3 is 29.8 Å². The Balaban J connectivity index is 0.000000182. The molecule has 0 aliphatic heterocycles. The van der Waals surface area contributed by atoms with E-state index in [0.29, 0.717) is 36.5 Å². The standard InChI is InChI=1S/C19H30O5.C17H27NO4/c1-5-17(3,4)16(22)24-19-9-13-6-14(10-19)8-18(7-13,11-19)23-12(2)15(20)21;1-4-15(2,3)13(19)21-16-6-11-5-12(7-16)9-17(8-11,10-16)22-14(18)20/h12-14H,5-11H2,1-4H3,(H,20,21);11-12H,4-10H2,1-3H3,(H2,18,20). The number of aliphatic carboxylic acids is 1. The number of carboxylic acids is 1. The molecule has 0 heterocycles. The highest BCUT2D eigenvalue weighted by Crippen LogP contribution is 2.62. The molecule has 1 amide bonds. The molecule has 8 fully saturated rings. The molecule has 3 N–H and O–H groups in total. The van der Waals surface area contributed by atoms with Crippen molar-refractivity contribution in [3.63, 3.8) is 0 Å². The molecule has 8 saturated carbocycles. The van der Waals surface area contributed by atoms with Crippen molar-refractivity contribution in [2.45, 2.75) is 167 Å². The van der Waals surface area contributed by atoms with Crippen LogP contribution < -0.4 is 5.73 Å². The molecule has 5 atom stereocenters. The number of ether oxygens (including phenoxy) is 4. The summed E-state index contributed by atoms with van der Waals surface area (Å²) in [4.78, 5) is 47.8. The zero-order valence-electron chi connectivity index (χ0n) is 29.1. The minimum atomic E-state index is -0.927. The Morgan fingerprint density at radius 3 is 1.33 bits per heavy atom. The molecular weight excluding hydrogens is 590 g/mol. The van der Waals surface area contributed by atoms with Gasteiger partial charge in [-0.15, -0.1) is 0 Å². The molecule has 8 rings (SSSR count). The molecule has 8 aliphatic rings.